The lowest BCUT2D eigenvalue weighted by Crippen LogP contribution is -2.17. The van der Waals surface area contributed by atoms with Gasteiger partial charge >= 0.3 is 0 Å². The van der Waals surface area contributed by atoms with E-state index < -0.39 is 0 Å². The van der Waals surface area contributed by atoms with Crippen molar-refractivity contribution in [3.8, 4) is 0 Å². The van der Waals surface area contributed by atoms with Crippen LogP contribution in [0.25, 0.3) is 0 Å². The number of carbonyl (C=O) groups excluding carboxylic acids is 1. The molecule has 0 fully saturated rings. The van der Waals surface area contributed by atoms with Gasteiger partial charge in [-0.1, -0.05) is 0 Å². The molecule has 47 valence electrons. The lowest BCUT2D eigenvalue weighted by atomic mass is 10.1. The Morgan fingerprint density at radius 1 is 1.50 bits per heavy atom. The second-order valence-corrected chi connectivity index (χ2v) is 1.94. The number of fused-ring (bicyclic) bond motifs is 1. The summed E-state index contributed by atoms with van der Waals surface area (Å²) in [5, 5.41) is 0. The lowest BCUT2D eigenvalue weighted by Gasteiger charge is -1.98. The number of carbonyl (C=O) groups is 1. The molecule has 2 aliphatic heterocycles. The van der Waals surface area contributed by atoms with Crippen LogP contribution in [-0.2, 0) is 4.79 Å². The van der Waals surface area contributed by atoms with Gasteiger partial charge in [0.15, 0.2) is 0 Å². The van der Waals surface area contributed by atoms with Gasteiger partial charge in [-0.25, -0.2) is 4.99 Å². The molecule has 10 heavy (non-hydrogen) atoms. The Bertz CT molecular complexity index is 302. The number of nitrogens with zero attached hydrogens (tertiary/aromatic N) is 2. The fourth-order valence-corrected chi connectivity index (χ4v) is 0.843. The molecule has 2 rings (SSSR count). The van der Waals surface area contributed by atoms with Crippen molar-refractivity contribution in [1.82, 2.24) is 0 Å². The van der Waals surface area contributed by atoms with Gasteiger partial charge in [0, 0.05) is 11.8 Å². The smallest absolute Gasteiger partial charge is 0.223 e. The number of ketones is 1. The standard InChI is InChI=1S/C7H3N2O/c10-6-4-8-3-5-1-2-9-7(5)6/h1-2,4H. The molecule has 0 bridgehead atoms. The third-order valence-electron chi connectivity index (χ3n) is 1.30. The van der Waals surface area contributed by atoms with Crippen LogP contribution < -0.4 is 0 Å². The van der Waals surface area contributed by atoms with Crippen molar-refractivity contribution in [1.29, 1.82) is 0 Å². The monoisotopic (exact) mass is 131 g/mol. The van der Waals surface area contributed by atoms with Crippen molar-refractivity contribution in [2.75, 3.05) is 0 Å². The van der Waals surface area contributed by atoms with Gasteiger partial charge in [-0.3, -0.25) is 9.79 Å². The summed E-state index contributed by atoms with van der Waals surface area (Å²) in [4.78, 5) is 18.3. The van der Waals surface area contributed by atoms with Crippen molar-refractivity contribution < 1.29 is 4.79 Å². The van der Waals surface area contributed by atoms with E-state index in [9.17, 15) is 4.79 Å². The summed E-state index contributed by atoms with van der Waals surface area (Å²) >= 11 is 0. The zero-order valence-electron chi connectivity index (χ0n) is 5.03. The molecule has 0 spiro atoms. The maximum atomic E-state index is 10.9. The van der Waals surface area contributed by atoms with Gasteiger partial charge in [-0.15, -0.1) is 0 Å². The molecule has 3 heteroatoms. The van der Waals surface area contributed by atoms with Crippen molar-refractivity contribution >= 4 is 17.7 Å². The number of hydrogen-bond acceptors (Lipinski definition) is 3. The molecule has 0 atom stereocenters. The fraction of sp³-hybridized carbons (Fsp3) is 0. The van der Waals surface area contributed by atoms with E-state index in [1.165, 1.54) is 6.21 Å². The highest BCUT2D eigenvalue weighted by Crippen LogP contribution is 2.11. The first-order valence-electron chi connectivity index (χ1n) is 2.83. The van der Waals surface area contributed by atoms with Crippen LogP contribution in [0, 0.1) is 6.20 Å². The maximum absolute atomic E-state index is 10.9. The van der Waals surface area contributed by atoms with E-state index in [-0.39, 0.29) is 5.78 Å². The minimum atomic E-state index is -0.140. The minimum absolute atomic E-state index is 0.140. The Morgan fingerprint density at radius 3 is 3.20 bits per heavy atom. The predicted molar refractivity (Wildman–Crippen MR) is 36.8 cm³/mol. The Labute approximate surface area is 57.5 Å². The van der Waals surface area contributed by atoms with Gasteiger partial charge in [0.25, 0.3) is 0 Å². The Hall–Kier alpha value is -1.51. The van der Waals surface area contributed by atoms with E-state index in [0.29, 0.717) is 11.3 Å². The topological polar surface area (TPSA) is 41.8 Å². The Kier molecular flexibility index (Phi) is 0.917. The molecule has 1 radical (unpaired) electrons. The van der Waals surface area contributed by atoms with Gasteiger partial charge in [0.05, 0.1) is 12.4 Å². The summed E-state index contributed by atoms with van der Waals surface area (Å²) in [6.07, 6.45) is 7.16. The van der Waals surface area contributed by atoms with Crippen LogP contribution in [0.2, 0.25) is 0 Å². The highest BCUT2D eigenvalue weighted by atomic mass is 16.1. The summed E-state index contributed by atoms with van der Waals surface area (Å²) < 4.78 is 0. The van der Waals surface area contributed by atoms with Gasteiger partial charge < -0.3 is 0 Å². The van der Waals surface area contributed by atoms with E-state index in [2.05, 4.69) is 16.2 Å². The lowest BCUT2D eigenvalue weighted by molar-refractivity contribution is -0.107. The molecule has 0 saturated heterocycles. The highest BCUT2D eigenvalue weighted by Gasteiger charge is 2.18. The van der Waals surface area contributed by atoms with Gasteiger partial charge in [-0.05, 0) is 6.08 Å². The van der Waals surface area contributed by atoms with Gasteiger partial charge in [0.1, 0.15) is 5.71 Å². The minimum Gasteiger partial charge on any atom is -0.286 e. The fourth-order valence-electron chi connectivity index (χ4n) is 0.843. The van der Waals surface area contributed by atoms with Crippen LogP contribution in [0.5, 0.6) is 0 Å². The molecule has 0 aromatic heterocycles. The molecule has 2 aliphatic rings. The van der Waals surface area contributed by atoms with Crippen molar-refractivity contribution in [3.63, 3.8) is 0 Å². The second kappa shape index (κ2) is 1.73. The van der Waals surface area contributed by atoms with Crippen LogP contribution in [0.4, 0.5) is 0 Å². The van der Waals surface area contributed by atoms with Crippen LogP contribution in [-0.4, -0.2) is 17.7 Å². The van der Waals surface area contributed by atoms with Crippen molar-refractivity contribution in [3.05, 3.63) is 24.0 Å². The molecule has 0 aromatic carbocycles. The summed E-state index contributed by atoms with van der Waals surface area (Å²) in [7, 11) is 0. The first-order chi connectivity index (χ1) is 4.88. The average Bonchev–Trinajstić information content (AvgIpc) is 2.36. The number of allylic oxidation sites excluding steroid dienone is 2. The molecular formula is C7H3N2O. The van der Waals surface area contributed by atoms with Crippen LogP contribution in [0.1, 0.15) is 0 Å². The summed E-state index contributed by atoms with van der Waals surface area (Å²) in [5.74, 6) is -0.140. The molecule has 0 N–H and O–H groups in total. The maximum Gasteiger partial charge on any atom is 0.223 e. The quantitative estimate of drug-likeness (QED) is 0.466. The van der Waals surface area contributed by atoms with Crippen molar-refractivity contribution in [2.45, 2.75) is 0 Å². The number of Topliss-reactive ketones (excluding diaryl/α,β-unsaturated/α-hetero) is 1. The van der Waals surface area contributed by atoms with E-state index in [4.69, 9.17) is 0 Å². The highest BCUT2D eigenvalue weighted by molar-refractivity contribution is 6.65. The molecule has 2 heterocycles. The first-order valence-corrected chi connectivity index (χ1v) is 2.83. The molecule has 0 saturated carbocycles. The van der Waals surface area contributed by atoms with Crippen molar-refractivity contribution in [2.24, 2.45) is 9.98 Å². The third kappa shape index (κ3) is 0.572. The Balaban J connectivity index is 2.54. The zero-order chi connectivity index (χ0) is 6.97. The molecule has 0 aliphatic carbocycles. The SMILES string of the molecule is O=C1C=N[C]=C2C=CN=C12. The van der Waals surface area contributed by atoms with Crippen LogP contribution >= 0.6 is 0 Å². The van der Waals surface area contributed by atoms with Gasteiger partial charge in [-0.2, -0.15) is 0 Å². The summed E-state index contributed by atoms with van der Waals surface area (Å²) in [6, 6.07) is 0. The predicted octanol–water partition coefficient (Wildman–Crippen LogP) is 0.295. The van der Waals surface area contributed by atoms with E-state index >= 15 is 0 Å². The average molecular weight is 131 g/mol. The number of aliphatic imine (C=N–C) groups is 2. The van der Waals surface area contributed by atoms with Crippen LogP contribution in [0.3, 0.4) is 0 Å². The first kappa shape index (κ1) is 5.29. The summed E-state index contributed by atoms with van der Waals surface area (Å²) in [5.41, 5.74) is 1.14. The second-order valence-electron chi connectivity index (χ2n) is 1.94. The van der Waals surface area contributed by atoms with Crippen LogP contribution in [0.15, 0.2) is 27.8 Å². The normalized spacial score (nSPS) is 20.6. The zero-order valence-corrected chi connectivity index (χ0v) is 5.03. The summed E-state index contributed by atoms with van der Waals surface area (Å²) in [6.45, 7) is 0. The van der Waals surface area contributed by atoms with Gasteiger partial charge in [0.2, 0.25) is 5.78 Å². The van der Waals surface area contributed by atoms with E-state index in [0.717, 1.165) is 0 Å². The van der Waals surface area contributed by atoms with E-state index in [1.807, 2.05) is 0 Å². The third-order valence-corrected chi connectivity index (χ3v) is 1.30. The molecule has 0 unspecified atom stereocenters. The molecule has 3 nitrogen and oxygen atoms in total. The largest absolute Gasteiger partial charge is 0.286 e. The molecule has 0 aromatic rings. The Morgan fingerprint density at radius 2 is 2.40 bits per heavy atom. The number of rotatable bonds is 0. The molecule has 0 amide bonds. The van der Waals surface area contributed by atoms with E-state index in [1.54, 1.807) is 12.3 Å². The number of hydrogen-bond donors (Lipinski definition) is 0. The molecular weight excluding hydrogens is 128 g/mol.